The normalized spacial score (nSPS) is 20.2. The molecule has 2 fully saturated rings. The van der Waals surface area contributed by atoms with E-state index in [1.807, 2.05) is 30.9 Å². The number of aryl methyl sites for hydroxylation is 1. The van der Waals surface area contributed by atoms with Gasteiger partial charge in [-0.25, -0.2) is 4.98 Å². The third kappa shape index (κ3) is 4.77. The summed E-state index contributed by atoms with van der Waals surface area (Å²) >= 11 is 0. The third-order valence-corrected chi connectivity index (χ3v) is 5.54. The van der Waals surface area contributed by atoms with E-state index in [9.17, 15) is 9.59 Å². The van der Waals surface area contributed by atoms with Gasteiger partial charge < -0.3 is 20.1 Å². The van der Waals surface area contributed by atoms with Crippen molar-refractivity contribution in [2.45, 2.75) is 64.0 Å². The van der Waals surface area contributed by atoms with E-state index in [4.69, 9.17) is 0 Å². The molecule has 2 aliphatic rings. The first-order valence-electron chi connectivity index (χ1n) is 9.85. The third-order valence-electron chi connectivity index (χ3n) is 5.54. The van der Waals surface area contributed by atoms with Crippen LogP contribution in [-0.2, 0) is 16.6 Å². The van der Waals surface area contributed by atoms with Crippen LogP contribution in [0.2, 0.25) is 0 Å². The first-order chi connectivity index (χ1) is 12.5. The molecule has 1 saturated heterocycles. The monoisotopic (exact) mass is 361 g/mol. The van der Waals surface area contributed by atoms with Crippen molar-refractivity contribution in [1.82, 2.24) is 20.2 Å². The Balaban J connectivity index is 1.37. The zero-order valence-electron chi connectivity index (χ0n) is 15.9. The summed E-state index contributed by atoms with van der Waals surface area (Å²) in [5, 5.41) is 6.13. The Morgan fingerprint density at radius 1 is 1.23 bits per heavy atom. The number of rotatable bonds is 6. The second-order valence-corrected chi connectivity index (χ2v) is 7.76. The molecule has 7 nitrogen and oxygen atoms in total. The molecule has 144 valence electrons. The highest BCUT2D eigenvalue weighted by Gasteiger charge is 2.26. The predicted molar refractivity (Wildman–Crippen MR) is 101 cm³/mol. The molecule has 0 radical (unpaired) electrons. The fourth-order valence-corrected chi connectivity index (χ4v) is 4.05. The van der Waals surface area contributed by atoms with Gasteiger partial charge in [0.25, 0.3) is 0 Å². The van der Waals surface area contributed by atoms with E-state index in [1.54, 1.807) is 0 Å². The number of carbonyl (C=O) groups excluding carboxylic acids is 2. The van der Waals surface area contributed by atoms with Crippen molar-refractivity contribution in [2.24, 2.45) is 13.0 Å². The Morgan fingerprint density at radius 3 is 2.54 bits per heavy atom. The molecule has 0 aromatic carbocycles. The molecule has 26 heavy (non-hydrogen) atoms. The number of hydrogen-bond acceptors (Lipinski definition) is 4. The molecule has 3 rings (SSSR count). The zero-order chi connectivity index (χ0) is 18.5. The van der Waals surface area contributed by atoms with Crippen LogP contribution >= 0.6 is 0 Å². The maximum absolute atomic E-state index is 12.3. The largest absolute Gasteiger partial charge is 0.353 e. The van der Waals surface area contributed by atoms with Crippen LogP contribution in [0.1, 0.15) is 51.9 Å². The Bertz CT molecular complexity index is 615. The highest BCUT2D eigenvalue weighted by atomic mass is 16.2. The zero-order valence-corrected chi connectivity index (χ0v) is 15.9. The van der Waals surface area contributed by atoms with Crippen LogP contribution < -0.4 is 15.5 Å². The van der Waals surface area contributed by atoms with Crippen molar-refractivity contribution < 1.29 is 9.59 Å². The number of carbonyl (C=O) groups is 2. The lowest BCUT2D eigenvalue weighted by molar-refractivity contribution is -0.126. The minimum Gasteiger partial charge on any atom is -0.353 e. The van der Waals surface area contributed by atoms with Gasteiger partial charge in [0.05, 0.1) is 0 Å². The Kier molecular flexibility index (Phi) is 6.16. The van der Waals surface area contributed by atoms with Gasteiger partial charge in [0.15, 0.2) is 0 Å². The minimum atomic E-state index is -0.115. The van der Waals surface area contributed by atoms with Crippen LogP contribution in [0.25, 0.3) is 0 Å². The van der Waals surface area contributed by atoms with E-state index < -0.39 is 0 Å². The number of nitrogens with one attached hydrogen (secondary N) is 2. The summed E-state index contributed by atoms with van der Waals surface area (Å²) in [4.78, 5) is 31.1. The maximum atomic E-state index is 12.3. The fourth-order valence-electron chi connectivity index (χ4n) is 4.05. The van der Waals surface area contributed by atoms with Crippen LogP contribution in [0.5, 0.6) is 0 Å². The summed E-state index contributed by atoms with van der Waals surface area (Å²) in [6.07, 6.45) is 10.2. The molecule has 2 N–H and O–H groups in total. The van der Waals surface area contributed by atoms with Gasteiger partial charge in [-0.3, -0.25) is 9.59 Å². The fraction of sp³-hybridized carbons (Fsp3) is 0.737. The van der Waals surface area contributed by atoms with Crippen molar-refractivity contribution in [3.63, 3.8) is 0 Å². The van der Waals surface area contributed by atoms with Gasteiger partial charge >= 0.3 is 0 Å². The van der Waals surface area contributed by atoms with E-state index in [2.05, 4.69) is 20.5 Å². The number of hydrogen-bond donors (Lipinski definition) is 2. The summed E-state index contributed by atoms with van der Waals surface area (Å²) in [6.45, 7) is 3.70. The highest BCUT2D eigenvalue weighted by Crippen LogP contribution is 2.24. The van der Waals surface area contributed by atoms with Crippen LogP contribution in [0, 0.1) is 5.92 Å². The lowest BCUT2D eigenvalue weighted by Gasteiger charge is -2.33. The number of anilines is 1. The van der Waals surface area contributed by atoms with Gasteiger partial charge in [-0.1, -0.05) is 12.8 Å². The van der Waals surface area contributed by atoms with Crippen LogP contribution in [0.15, 0.2) is 12.4 Å². The molecular weight excluding hydrogens is 330 g/mol. The maximum Gasteiger partial charge on any atom is 0.223 e. The lowest BCUT2D eigenvalue weighted by atomic mass is 10.0. The summed E-state index contributed by atoms with van der Waals surface area (Å²) in [6, 6.07) is 0.0903. The number of aromatic nitrogens is 2. The molecule has 0 bridgehead atoms. The molecule has 1 atom stereocenters. The van der Waals surface area contributed by atoms with Gasteiger partial charge in [0, 0.05) is 57.0 Å². The molecule has 1 saturated carbocycles. The van der Waals surface area contributed by atoms with E-state index in [1.165, 1.54) is 0 Å². The predicted octanol–water partition coefficient (Wildman–Crippen LogP) is 1.59. The van der Waals surface area contributed by atoms with Crippen molar-refractivity contribution in [3.8, 4) is 0 Å². The van der Waals surface area contributed by atoms with Crippen molar-refractivity contribution >= 4 is 17.8 Å². The Hall–Kier alpha value is -2.05. The van der Waals surface area contributed by atoms with E-state index in [0.29, 0.717) is 6.42 Å². The lowest BCUT2D eigenvalue weighted by Crippen LogP contribution is -2.47. The van der Waals surface area contributed by atoms with Crippen molar-refractivity contribution in [3.05, 3.63) is 12.4 Å². The average Bonchev–Trinajstić information content (AvgIpc) is 3.27. The van der Waals surface area contributed by atoms with Gasteiger partial charge in [0.2, 0.25) is 17.8 Å². The number of nitrogens with zero attached hydrogens (tertiary/aromatic N) is 3. The summed E-state index contributed by atoms with van der Waals surface area (Å²) in [5.41, 5.74) is 0. The number of amides is 2. The van der Waals surface area contributed by atoms with Gasteiger partial charge in [-0.15, -0.1) is 0 Å². The minimum absolute atomic E-state index is 0.0275. The number of piperidine rings is 1. The van der Waals surface area contributed by atoms with E-state index >= 15 is 0 Å². The topological polar surface area (TPSA) is 79.3 Å². The number of imidazole rings is 1. The van der Waals surface area contributed by atoms with Gasteiger partial charge in [0.1, 0.15) is 0 Å². The Morgan fingerprint density at radius 2 is 1.92 bits per heavy atom. The van der Waals surface area contributed by atoms with Crippen LogP contribution in [0.3, 0.4) is 0 Å². The molecule has 1 aliphatic heterocycles. The summed E-state index contributed by atoms with van der Waals surface area (Å²) in [7, 11) is 2.00. The van der Waals surface area contributed by atoms with Gasteiger partial charge in [-0.2, -0.15) is 0 Å². The van der Waals surface area contributed by atoms with Crippen molar-refractivity contribution in [2.75, 3.05) is 18.0 Å². The second kappa shape index (κ2) is 8.56. The smallest absolute Gasteiger partial charge is 0.223 e. The quantitative estimate of drug-likeness (QED) is 0.806. The molecule has 1 aromatic rings. The standard InChI is InChI=1S/C19H31N5O2/c1-14(21-18(26)15-5-3-4-6-15)13-17(25)22-16-7-10-24(11-8-16)19-20-9-12-23(19)2/h9,12,14-16H,3-8,10-11,13H2,1-2H3,(H,21,26)(H,22,25)/t14-/m1/s1. The van der Waals surface area contributed by atoms with Crippen molar-refractivity contribution in [1.29, 1.82) is 0 Å². The van der Waals surface area contributed by atoms with Gasteiger partial charge in [-0.05, 0) is 32.6 Å². The molecule has 7 heteroatoms. The van der Waals surface area contributed by atoms with Crippen LogP contribution in [0.4, 0.5) is 5.95 Å². The molecule has 2 heterocycles. The molecule has 1 aromatic heterocycles. The first-order valence-corrected chi connectivity index (χ1v) is 9.85. The SMILES string of the molecule is C[C@H](CC(=O)NC1CCN(c2nccn2C)CC1)NC(=O)C1CCCC1. The molecule has 1 aliphatic carbocycles. The highest BCUT2D eigenvalue weighted by molar-refractivity contribution is 5.81. The second-order valence-electron chi connectivity index (χ2n) is 7.76. The Labute approximate surface area is 155 Å². The summed E-state index contributed by atoms with van der Waals surface area (Å²) < 4.78 is 2.02. The average molecular weight is 361 g/mol. The molecular formula is C19H31N5O2. The van der Waals surface area contributed by atoms with Crippen LogP contribution in [-0.4, -0.2) is 46.5 Å². The molecule has 0 spiro atoms. The van der Waals surface area contributed by atoms with E-state index in [0.717, 1.165) is 57.6 Å². The molecule has 2 amide bonds. The first kappa shape index (κ1) is 18.7. The summed E-state index contributed by atoms with van der Waals surface area (Å²) in [5.74, 6) is 1.28. The van der Waals surface area contributed by atoms with E-state index in [-0.39, 0.29) is 29.8 Å². The molecule has 0 unspecified atom stereocenters.